The van der Waals surface area contributed by atoms with E-state index in [-0.39, 0.29) is 17.9 Å². The van der Waals surface area contributed by atoms with Crippen molar-refractivity contribution in [3.8, 4) is 5.69 Å². The zero-order valence-electron chi connectivity index (χ0n) is 15.6. The lowest BCUT2D eigenvalue weighted by atomic mass is 10.0. The van der Waals surface area contributed by atoms with Crippen molar-refractivity contribution in [3.63, 3.8) is 0 Å². The first kappa shape index (κ1) is 18.0. The Morgan fingerprint density at radius 1 is 1.19 bits per heavy atom. The van der Waals surface area contributed by atoms with Crippen molar-refractivity contribution in [1.29, 1.82) is 0 Å². The summed E-state index contributed by atoms with van der Waals surface area (Å²) in [6.07, 6.45) is 7.48. The van der Waals surface area contributed by atoms with Gasteiger partial charge in [-0.05, 0) is 57.1 Å². The number of nitrogens with one attached hydrogen (secondary N) is 1. The molecule has 0 bridgehead atoms. The van der Waals surface area contributed by atoms with Crippen LogP contribution in [0.5, 0.6) is 0 Å². The van der Waals surface area contributed by atoms with Gasteiger partial charge in [-0.3, -0.25) is 4.90 Å². The minimum Gasteiger partial charge on any atom is -0.331 e. The molecule has 2 saturated heterocycles. The van der Waals surface area contributed by atoms with Crippen LogP contribution in [0.15, 0.2) is 36.7 Å². The van der Waals surface area contributed by atoms with Crippen molar-refractivity contribution in [2.45, 2.75) is 38.3 Å². The fourth-order valence-electron chi connectivity index (χ4n) is 3.79. The molecule has 2 aromatic rings. The van der Waals surface area contributed by atoms with E-state index in [4.69, 9.17) is 0 Å². The Kier molecular flexibility index (Phi) is 5.11. The molecule has 1 unspecified atom stereocenters. The number of hydrogen-bond acceptors (Lipinski definition) is 3. The summed E-state index contributed by atoms with van der Waals surface area (Å²) < 4.78 is 14.7. The highest BCUT2D eigenvalue weighted by atomic mass is 19.1. The average Bonchev–Trinajstić information content (AvgIpc) is 3.12. The van der Waals surface area contributed by atoms with Gasteiger partial charge in [-0.25, -0.2) is 13.9 Å². The SMILES string of the molecule is CC(NC(=O)N1CC(N2CCCCC2)C1)c1cnn(-c2ccc(F)cc2)c1. The highest BCUT2D eigenvalue weighted by Gasteiger charge is 2.35. The molecule has 1 N–H and O–H groups in total. The monoisotopic (exact) mass is 371 g/mol. The molecule has 2 amide bonds. The number of urea groups is 1. The second-order valence-corrected chi connectivity index (χ2v) is 7.52. The fourth-order valence-corrected chi connectivity index (χ4v) is 3.79. The number of hydrogen-bond donors (Lipinski definition) is 1. The smallest absolute Gasteiger partial charge is 0.317 e. The molecule has 0 saturated carbocycles. The number of amides is 2. The topological polar surface area (TPSA) is 53.4 Å². The van der Waals surface area contributed by atoms with Crippen LogP contribution >= 0.6 is 0 Å². The van der Waals surface area contributed by atoms with Crippen LogP contribution in [0.3, 0.4) is 0 Å². The number of rotatable bonds is 4. The molecule has 6 nitrogen and oxygen atoms in total. The van der Waals surface area contributed by atoms with E-state index in [1.807, 2.05) is 18.0 Å². The molecule has 27 heavy (non-hydrogen) atoms. The van der Waals surface area contributed by atoms with Crippen molar-refractivity contribution < 1.29 is 9.18 Å². The van der Waals surface area contributed by atoms with Gasteiger partial charge in [0.15, 0.2) is 0 Å². The van der Waals surface area contributed by atoms with Crippen LogP contribution in [0.2, 0.25) is 0 Å². The summed E-state index contributed by atoms with van der Waals surface area (Å²) in [6, 6.07) is 6.53. The number of carbonyl (C=O) groups excluding carboxylic acids is 1. The lowest BCUT2D eigenvalue weighted by Crippen LogP contribution is -2.63. The maximum absolute atomic E-state index is 13.1. The number of aromatic nitrogens is 2. The molecule has 0 spiro atoms. The third kappa shape index (κ3) is 3.98. The van der Waals surface area contributed by atoms with Crippen molar-refractivity contribution in [1.82, 2.24) is 24.9 Å². The number of carbonyl (C=O) groups is 1. The first-order valence-electron chi connectivity index (χ1n) is 9.70. The predicted octanol–water partition coefficient (Wildman–Crippen LogP) is 2.95. The molecule has 4 rings (SSSR count). The van der Waals surface area contributed by atoms with Crippen LogP contribution in [0, 0.1) is 5.82 Å². The van der Waals surface area contributed by atoms with Crippen LogP contribution in [0.25, 0.3) is 5.69 Å². The molecule has 0 radical (unpaired) electrons. The number of piperidine rings is 1. The van der Waals surface area contributed by atoms with Crippen LogP contribution in [-0.2, 0) is 0 Å². The standard InChI is InChI=1S/C20H26FN5O/c1-15(16-11-22-26(12-16)18-7-5-17(21)6-8-18)23-20(27)25-13-19(14-25)24-9-3-2-4-10-24/h5-8,11-12,15,19H,2-4,9-10,13-14H2,1H3,(H,23,27). The normalized spacial score (nSPS) is 19.6. The maximum Gasteiger partial charge on any atom is 0.317 e. The van der Waals surface area contributed by atoms with Crippen molar-refractivity contribution in [3.05, 3.63) is 48.0 Å². The Morgan fingerprint density at radius 2 is 1.89 bits per heavy atom. The van der Waals surface area contributed by atoms with Gasteiger partial charge in [0.25, 0.3) is 0 Å². The fraction of sp³-hybridized carbons (Fsp3) is 0.500. The summed E-state index contributed by atoms with van der Waals surface area (Å²) in [5.41, 5.74) is 1.70. The van der Waals surface area contributed by atoms with E-state index in [2.05, 4.69) is 15.3 Å². The first-order valence-corrected chi connectivity index (χ1v) is 9.70. The molecular formula is C20H26FN5O. The molecule has 3 heterocycles. The molecule has 7 heteroatoms. The van der Waals surface area contributed by atoms with Gasteiger partial charge in [0.2, 0.25) is 0 Å². The minimum absolute atomic E-state index is 0.0229. The Bertz CT molecular complexity index is 778. The lowest BCUT2D eigenvalue weighted by Gasteiger charge is -2.46. The second-order valence-electron chi connectivity index (χ2n) is 7.52. The molecule has 2 fully saturated rings. The molecular weight excluding hydrogens is 345 g/mol. The molecule has 1 aromatic heterocycles. The third-order valence-corrected chi connectivity index (χ3v) is 5.59. The number of halogens is 1. The zero-order chi connectivity index (χ0) is 18.8. The van der Waals surface area contributed by atoms with Crippen LogP contribution < -0.4 is 5.32 Å². The van der Waals surface area contributed by atoms with Gasteiger partial charge < -0.3 is 10.2 Å². The zero-order valence-corrected chi connectivity index (χ0v) is 15.6. The van der Waals surface area contributed by atoms with E-state index in [0.29, 0.717) is 6.04 Å². The van der Waals surface area contributed by atoms with Crippen molar-refractivity contribution >= 4 is 6.03 Å². The van der Waals surface area contributed by atoms with Gasteiger partial charge in [-0.1, -0.05) is 6.42 Å². The van der Waals surface area contributed by atoms with Crippen LogP contribution in [0.1, 0.15) is 37.8 Å². The molecule has 0 aliphatic carbocycles. The molecule has 1 atom stereocenters. The van der Waals surface area contributed by atoms with Gasteiger partial charge in [-0.15, -0.1) is 0 Å². The van der Waals surface area contributed by atoms with Crippen LogP contribution in [0.4, 0.5) is 9.18 Å². The molecule has 144 valence electrons. The number of likely N-dealkylation sites (tertiary alicyclic amines) is 2. The summed E-state index contributed by atoms with van der Waals surface area (Å²) in [4.78, 5) is 16.9. The minimum atomic E-state index is -0.274. The summed E-state index contributed by atoms with van der Waals surface area (Å²) in [5, 5.41) is 7.37. The summed E-state index contributed by atoms with van der Waals surface area (Å²) >= 11 is 0. The Labute approximate surface area is 158 Å². The molecule has 1 aromatic carbocycles. The van der Waals surface area contributed by atoms with E-state index in [0.717, 1.165) is 24.3 Å². The van der Waals surface area contributed by atoms with Crippen molar-refractivity contribution in [2.75, 3.05) is 26.2 Å². The van der Waals surface area contributed by atoms with Gasteiger partial charge in [0.05, 0.1) is 17.9 Å². The van der Waals surface area contributed by atoms with Crippen LogP contribution in [-0.4, -0.2) is 57.8 Å². The van der Waals surface area contributed by atoms with E-state index >= 15 is 0 Å². The van der Waals surface area contributed by atoms with Gasteiger partial charge >= 0.3 is 6.03 Å². The Hall–Kier alpha value is -2.41. The largest absolute Gasteiger partial charge is 0.331 e. The number of nitrogens with zero attached hydrogens (tertiary/aromatic N) is 4. The average molecular weight is 371 g/mol. The van der Waals surface area contributed by atoms with E-state index < -0.39 is 0 Å². The van der Waals surface area contributed by atoms with Gasteiger partial charge in [-0.2, -0.15) is 5.10 Å². The third-order valence-electron chi connectivity index (χ3n) is 5.59. The molecule has 2 aliphatic heterocycles. The molecule has 2 aliphatic rings. The van der Waals surface area contributed by atoms with E-state index in [1.54, 1.807) is 23.0 Å². The van der Waals surface area contributed by atoms with E-state index in [1.165, 1.54) is 44.5 Å². The first-order chi connectivity index (χ1) is 13.1. The Morgan fingerprint density at radius 3 is 2.59 bits per heavy atom. The Balaban J connectivity index is 1.30. The predicted molar refractivity (Wildman–Crippen MR) is 101 cm³/mol. The highest BCUT2D eigenvalue weighted by molar-refractivity contribution is 5.75. The highest BCUT2D eigenvalue weighted by Crippen LogP contribution is 2.21. The van der Waals surface area contributed by atoms with Gasteiger partial charge in [0.1, 0.15) is 5.82 Å². The summed E-state index contributed by atoms with van der Waals surface area (Å²) in [6.45, 7) is 5.91. The summed E-state index contributed by atoms with van der Waals surface area (Å²) in [5.74, 6) is -0.274. The maximum atomic E-state index is 13.1. The van der Waals surface area contributed by atoms with Crippen molar-refractivity contribution in [2.24, 2.45) is 0 Å². The summed E-state index contributed by atoms with van der Waals surface area (Å²) in [7, 11) is 0. The quantitative estimate of drug-likeness (QED) is 0.899. The van der Waals surface area contributed by atoms with E-state index in [9.17, 15) is 9.18 Å². The number of benzene rings is 1. The lowest BCUT2D eigenvalue weighted by molar-refractivity contribution is 0.0444. The second kappa shape index (κ2) is 7.68. The van der Waals surface area contributed by atoms with Gasteiger partial charge in [0, 0.05) is 30.9 Å².